The Bertz CT molecular complexity index is 846. The quantitative estimate of drug-likeness (QED) is 0.532. The Hall–Kier alpha value is -3.14. The second kappa shape index (κ2) is 6.96. The zero-order valence-corrected chi connectivity index (χ0v) is 13.5. The maximum atomic E-state index is 12.4. The zero-order valence-electron chi connectivity index (χ0n) is 13.5. The fourth-order valence-corrected chi connectivity index (χ4v) is 2.46. The van der Waals surface area contributed by atoms with E-state index in [2.05, 4.69) is 4.98 Å². The maximum Gasteiger partial charge on any atom is 0.343 e. The van der Waals surface area contributed by atoms with Gasteiger partial charge in [0.1, 0.15) is 11.5 Å². The van der Waals surface area contributed by atoms with Crippen molar-refractivity contribution in [3.05, 3.63) is 78.0 Å². The van der Waals surface area contributed by atoms with E-state index in [0.717, 1.165) is 5.56 Å². The number of esters is 1. The van der Waals surface area contributed by atoms with E-state index in [-0.39, 0.29) is 0 Å². The number of pyridine rings is 1. The van der Waals surface area contributed by atoms with Crippen LogP contribution in [0.25, 0.3) is 11.3 Å². The van der Waals surface area contributed by atoms with E-state index in [1.165, 1.54) is 0 Å². The molecular formula is C20H17NO3. The minimum Gasteiger partial charge on any atom is -0.496 e. The summed E-state index contributed by atoms with van der Waals surface area (Å²) in [6.07, 6.45) is 1.69. The van der Waals surface area contributed by atoms with Gasteiger partial charge in [0.15, 0.2) is 0 Å². The van der Waals surface area contributed by atoms with Crippen LogP contribution < -0.4 is 9.47 Å². The molecule has 1 heterocycles. The Morgan fingerprint density at radius 3 is 2.33 bits per heavy atom. The SMILES string of the molecule is COc1cc(C)cc(OC(=O)c2ccccc2)c1-c1ccccn1. The van der Waals surface area contributed by atoms with E-state index in [9.17, 15) is 4.79 Å². The van der Waals surface area contributed by atoms with Gasteiger partial charge in [-0.25, -0.2) is 4.79 Å². The third-order valence-electron chi connectivity index (χ3n) is 3.56. The molecule has 3 rings (SSSR count). The first-order chi connectivity index (χ1) is 11.7. The summed E-state index contributed by atoms with van der Waals surface area (Å²) < 4.78 is 11.1. The summed E-state index contributed by atoms with van der Waals surface area (Å²) in [4.78, 5) is 16.8. The van der Waals surface area contributed by atoms with Crippen molar-refractivity contribution in [1.29, 1.82) is 0 Å². The van der Waals surface area contributed by atoms with Gasteiger partial charge in [0.2, 0.25) is 0 Å². The average molecular weight is 319 g/mol. The molecule has 0 radical (unpaired) electrons. The van der Waals surface area contributed by atoms with Crippen LogP contribution in [0.4, 0.5) is 0 Å². The van der Waals surface area contributed by atoms with Crippen LogP contribution in [0.5, 0.6) is 11.5 Å². The molecule has 0 atom stereocenters. The summed E-state index contributed by atoms with van der Waals surface area (Å²) in [5, 5.41) is 0. The van der Waals surface area contributed by atoms with E-state index >= 15 is 0 Å². The van der Waals surface area contributed by atoms with Crippen molar-refractivity contribution in [2.45, 2.75) is 6.92 Å². The van der Waals surface area contributed by atoms with Crippen molar-refractivity contribution in [1.82, 2.24) is 4.98 Å². The van der Waals surface area contributed by atoms with Crippen molar-refractivity contribution >= 4 is 5.97 Å². The summed E-state index contributed by atoms with van der Waals surface area (Å²) in [7, 11) is 1.59. The molecular weight excluding hydrogens is 302 g/mol. The highest BCUT2D eigenvalue weighted by Gasteiger charge is 2.18. The highest BCUT2D eigenvalue weighted by Crippen LogP contribution is 2.38. The molecule has 0 fully saturated rings. The van der Waals surface area contributed by atoms with Crippen LogP contribution >= 0.6 is 0 Å². The van der Waals surface area contributed by atoms with Crippen LogP contribution in [-0.2, 0) is 0 Å². The highest BCUT2D eigenvalue weighted by molar-refractivity contribution is 5.92. The lowest BCUT2D eigenvalue weighted by Gasteiger charge is -2.15. The minimum atomic E-state index is -0.416. The van der Waals surface area contributed by atoms with E-state index in [1.807, 2.05) is 43.3 Å². The summed E-state index contributed by atoms with van der Waals surface area (Å²) in [5.41, 5.74) is 2.77. The first-order valence-corrected chi connectivity index (χ1v) is 7.56. The molecule has 0 amide bonds. The Labute approximate surface area is 140 Å². The minimum absolute atomic E-state index is 0.416. The Kier molecular flexibility index (Phi) is 4.57. The van der Waals surface area contributed by atoms with Crippen molar-refractivity contribution < 1.29 is 14.3 Å². The van der Waals surface area contributed by atoms with Crippen LogP contribution in [0.3, 0.4) is 0 Å². The topological polar surface area (TPSA) is 48.4 Å². The van der Waals surface area contributed by atoms with Gasteiger partial charge in [-0.1, -0.05) is 24.3 Å². The van der Waals surface area contributed by atoms with E-state index in [4.69, 9.17) is 9.47 Å². The number of carbonyl (C=O) groups excluding carboxylic acids is 1. The lowest BCUT2D eigenvalue weighted by atomic mass is 10.1. The lowest BCUT2D eigenvalue weighted by molar-refractivity contribution is 0.0735. The molecule has 0 saturated carbocycles. The number of hydrogen-bond donors (Lipinski definition) is 0. The van der Waals surface area contributed by atoms with Gasteiger partial charge < -0.3 is 9.47 Å². The highest BCUT2D eigenvalue weighted by atomic mass is 16.5. The van der Waals surface area contributed by atoms with Gasteiger partial charge in [0, 0.05) is 6.20 Å². The van der Waals surface area contributed by atoms with Gasteiger partial charge in [-0.05, 0) is 48.9 Å². The number of ether oxygens (including phenoxy) is 2. The van der Waals surface area contributed by atoms with Crippen LogP contribution in [0, 0.1) is 6.92 Å². The molecule has 4 heteroatoms. The lowest BCUT2D eigenvalue weighted by Crippen LogP contribution is -2.09. The predicted molar refractivity (Wildman–Crippen MR) is 92.4 cm³/mol. The van der Waals surface area contributed by atoms with Gasteiger partial charge in [-0.2, -0.15) is 0 Å². The average Bonchev–Trinajstić information content (AvgIpc) is 2.62. The molecule has 0 N–H and O–H groups in total. The number of hydrogen-bond acceptors (Lipinski definition) is 4. The largest absolute Gasteiger partial charge is 0.496 e. The normalized spacial score (nSPS) is 10.2. The number of methoxy groups -OCH3 is 1. The van der Waals surface area contributed by atoms with E-state index in [1.54, 1.807) is 37.6 Å². The van der Waals surface area contributed by atoms with Crippen LogP contribution in [-0.4, -0.2) is 18.1 Å². The van der Waals surface area contributed by atoms with Gasteiger partial charge in [-0.3, -0.25) is 4.98 Å². The predicted octanol–water partition coefficient (Wildman–Crippen LogP) is 4.28. The first kappa shape index (κ1) is 15.7. The molecule has 0 bridgehead atoms. The van der Waals surface area contributed by atoms with Crippen LogP contribution in [0.1, 0.15) is 15.9 Å². The van der Waals surface area contributed by atoms with E-state index < -0.39 is 5.97 Å². The molecule has 0 aliphatic heterocycles. The van der Waals surface area contributed by atoms with Gasteiger partial charge in [0.25, 0.3) is 0 Å². The second-order valence-electron chi connectivity index (χ2n) is 5.31. The van der Waals surface area contributed by atoms with Crippen molar-refractivity contribution in [2.75, 3.05) is 7.11 Å². The molecule has 0 spiro atoms. The molecule has 120 valence electrons. The van der Waals surface area contributed by atoms with Gasteiger partial charge in [-0.15, -0.1) is 0 Å². The Morgan fingerprint density at radius 1 is 0.958 bits per heavy atom. The standard InChI is InChI=1S/C20H17NO3/c1-14-12-17(23-2)19(16-10-6-7-11-21-16)18(13-14)24-20(22)15-8-4-3-5-9-15/h3-13H,1-2H3. The number of rotatable bonds is 4. The number of benzene rings is 2. The Balaban J connectivity index is 2.07. The van der Waals surface area contributed by atoms with Crippen molar-refractivity contribution in [3.8, 4) is 22.8 Å². The summed E-state index contributed by atoms with van der Waals surface area (Å²) in [6, 6.07) is 18.2. The van der Waals surface area contributed by atoms with Crippen molar-refractivity contribution in [2.24, 2.45) is 0 Å². The summed E-state index contributed by atoms with van der Waals surface area (Å²) in [5.74, 6) is 0.629. The number of carbonyl (C=O) groups is 1. The maximum absolute atomic E-state index is 12.4. The number of aromatic nitrogens is 1. The molecule has 0 saturated heterocycles. The third kappa shape index (κ3) is 3.27. The van der Waals surface area contributed by atoms with Gasteiger partial charge in [0.05, 0.1) is 23.9 Å². The van der Waals surface area contributed by atoms with Crippen LogP contribution in [0.15, 0.2) is 66.9 Å². The smallest absolute Gasteiger partial charge is 0.343 e. The third-order valence-corrected chi connectivity index (χ3v) is 3.56. The molecule has 0 aliphatic rings. The van der Waals surface area contributed by atoms with E-state index in [0.29, 0.717) is 28.3 Å². The molecule has 3 aromatic rings. The zero-order chi connectivity index (χ0) is 16.9. The molecule has 0 aliphatic carbocycles. The van der Waals surface area contributed by atoms with Crippen LogP contribution in [0.2, 0.25) is 0 Å². The van der Waals surface area contributed by atoms with Crippen molar-refractivity contribution in [3.63, 3.8) is 0 Å². The number of nitrogens with zero attached hydrogens (tertiary/aromatic N) is 1. The fourth-order valence-electron chi connectivity index (χ4n) is 2.46. The summed E-state index contributed by atoms with van der Waals surface area (Å²) in [6.45, 7) is 1.92. The molecule has 0 unspecified atom stereocenters. The monoisotopic (exact) mass is 319 g/mol. The number of aryl methyl sites for hydroxylation is 1. The Morgan fingerprint density at radius 2 is 1.67 bits per heavy atom. The molecule has 4 nitrogen and oxygen atoms in total. The van der Waals surface area contributed by atoms with Gasteiger partial charge >= 0.3 is 5.97 Å². The molecule has 24 heavy (non-hydrogen) atoms. The second-order valence-corrected chi connectivity index (χ2v) is 5.31. The molecule has 1 aromatic heterocycles. The first-order valence-electron chi connectivity index (χ1n) is 7.56. The fraction of sp³-hybridized carbons (Fsp3) is 0.100. The summed E-state index contributed by atoms with van der Waals surface area (Å²) >= 11 is 0. The molecule has 2 aromatic carbocycles.